The monoisotopic (exact) mass is 702 g/mol. The SMILES string of the molecule is O=S1(=O)Cc2ccc(-c3cc(-c4ccccc4)nc(-c4ccccc4)c3)cc2-c2cc(-c3cc(-c4ccccc4)nc(-c4ccccc4)c3)ccc2C1. The van der Waals surface area contributed by atoms with Crippen LogP contribution in [0.4, 0.5) is 0 Å². The van der Waals surface area contributed by atoms with Crippen molar-refractivity contribution >= 4 is 9.84 Å². The van der Waals surface area contributed by atoms with Crippen LogP contribution in [0, 0.1) is 0 Å². The van der Waals surface area contributed by atoms with Gasteiger partial charge in [-0.1, -0.05) is 146 Å². The topological polar surface area (TPSA) is 59.9 Å². The molecule has 53 heavy (non-hydrogen) atoms. The molecule has 0 saturated heterocycles. The van der Waals surface area contributed by atoms with Crippen LogP contribution in [0.3, 0.4) is 0 Å². The van der Waals surface area contributed by atoms with Crippen LogP contribution in [0.2, 0.25) is 0 Å². The highest BCUT2D eigenvalue weighted by atomic mass is 32.2. The Labute approximate surface area is 310 Å². The average Bonchev–Trinajstić information content (AvgIpc) is 3.33. The van der Waals surface area contributed by atoms with Gasteiger partial charge in [-0.2, -0.15) is 0 Å². The van der Waals surface area contributed by atoms with Crippen molar-refractivity contribution in [3.05, 3.63) is 193 Å². The van der Waals surface area contributed by atoms with E-state index >= 15 is 0 Å². The molecule has 8 aromatic rings. The van der Waals surface area contributed by atoms with Gasteiger partial charge in [0.2, 0.25) is 0 Å². The lowest BCUT2D eigenvalue weighted by molar-refractivity contribution is 0.595. The summed E-state index contributed by atoms with van der Waals surface area (Å²) in [4.78, 5) is 10.2. The second-order valence-electron chi connectivity index (χ2n) is 13.5. The number of hydrogen-bond acceptors (Lipinski definition) is 4. The molecule has 1 aliphatic rings. The van der Waals surface area contributed by atoms with Crippen molar-refractivity contribution in [2.24, 2.45) is 0 Å². The van der Waals surface area contributed by atoms with E-state index < -0.39 is 9.84 Å². The summed E-state index contributed by atoms with van der Waals surface area (Å²) in [7, 11) is -3.39. The summed E-state index contributed by atoms with van der Waals surface area (Å²) < 4.78 is 27.0. The van der Waals surface area contributed by atoms with Crippen LogP contribution >= 0.6 is 0 Å². The normalized spacial score (nSPS) is 13.1. The van der Waals surface area contributed by atoms with Crippen LogP contribution in [-0.4, -0.2) is 18.4 Å². The van der Waals surface area contributed by atoms with Gasteiger partial charge in [0, 0.05) is 22.3 Å². The molecule has 6 aromatic carbocycles. The molecule has 1 aliphatic heterocycles. The molecule has 0 N–H and O–H groups in total. The number of sulfone groups is 1. The van der Waals surface area contributed by atoms with E-state index in [9.17, 15) is 8.42 Å². The lowest BCUT2D eigenvalue weighted by Crippen LogP contribution is -2.05. The summed E-state index contributed by atoms with van der Waals surface area (Å²) in [5.74, 6) is -0.0296. The van der Waals surface area contributed by atoms with E-state index in [1.54, 1.807) is 0 Å². The van der Waals surface area contributed by atoms with Gasteiger partial charge in [-0.25, -0.2) is 18.4 Å². The summed E-state index contributed by atoms with van der Waals surface area (Å²) >= 11 is 0. The zero-order chi connectivity index (χ0) is 35.8. The lowest BCUT2D eigenvalue weighted by atomic mass is 9.90. The summed E-state index contributed by atoms with van der Waals surface area (Å²) in [6.45, 7) is 0. The molecule has 0 atom stereocenters. The molecule has 5 heteroatoms. The number of aromatic nitrogens is 2. The first kappa shape index (κ1) is 32.5. The minimum absolute atomic E-state index is 0.0148. The Balaban J connectivity index is 1.21. The van der Waals surface area contributed by atoms with Crippen LogP contribution < -0.4 is 0 Å². The fraction of sp³-hybridized carbons (Fsp3) is 0.0417. The molecule has 0 amide bonds. The van der Waals surface area contributed by atoms with Gasteiger partial charge in [-0.05, 0) is 80.9 Å². The van der Waals surface area contributed by atoms with E-state index in [0.717, 1.165) is 89.5 Å². The number of pyridine rings is 2. The molecule has 0 bridgehead atoms. The molecule has 0 spiro atoms. The molecule has 4 nitrogen and oxygen atoms in total. The minimum atomic E-state index is -3.39. The van der Waals surface area contributed by atoms with Crippen LogP contribution in [0.5, 0.6) is 0 Å². The maximum Gasteiger partial charge on any atom is 0.158 e. The highest BCUT2D eigenvalue weighted by Gasteiger charge is 2.25. The first-order chi connectivity index (χ1) is 26.0. The standard InChI is InChI=1S/C48H34N2O2S/c51-53(52)31-39-23-21-37(41-27-45(33-13-5-1-6-14-33)49-46(28-41)34-15-7-2-8-16-34)25-43(39)44-26-38(22-24-40(44)32-53)42-29-47(35-17-9-3-10-18-35)50-48(30-42)36-19-11-4-12-20-36/h1-30H,31-32H2. The Morgan fingerprint density at radius 1 is 0.321 bits per heavy atom. The van der Waals surface area contributed by atoms with Crippen LogP contribution in [0.15, 0.2) is 182 Å². The molecule has 3 heterocycles. The highest BCUT2D eigenvalue weighted by molar-refractivity contribution is 7.89. The third kappa shape index (κ3) is 6.71. The van der Waals surface area contributed by atoms with Crippen molar-refractivity contribution in [2.45, 2.75) is 11.5 Å². The molecule has 9 rings (SSSR count). The average molecular weight is 703 g/mol. The van der Waals surface area contributed by atoms with E-state index in [-0.39, 0.29) is 11.5 Å². The molecule has 0 unspecified atom stereocenters. The van der Waals surface area contributed by atoms with E-state index in [0.29, 0.717) is 0 Å². The molecule has 0 fully saturated rings. The Hall–Kier alpha value is -6.43. The first-order valence-corrected chi connectivity index (χ1v) is 19.5. The van der Waals surface area contributed by atoms with Gasteiger partial charge in [-0.15, -0.1) is 0 Å². The molecular weight excluding hydrogens is 669 g/mol. The van der Waals surface area contributed by atoms with E-state index in [4.69, 9.17) is 9.97 Å². The smallest absolute Gasteiger partial charge is 0.158 e. The van der Waals surface area contributed by atoms with Crippen LogP contribution in [-0.2, 0) is 21.3 Å². The van der Waals surface area contributed by atoms with Crippen molar-refractivity contribution in [1.82, 2.24) is 9.97 Å². The van der Waals surface area contributed by atoms with E-state index in [1.165, 1.54) is 0 Å². The maximum absolute atomic E-state index is 13.5. The van der Waals surface area contributed by atoms with Crippen LogP contribution in [0.1, 0.15) is 11.1 Å². The van der Waals surface area contributed by atoms with Gasteiger partial charge in [0.05, 0.1) is 34.3 Å². The molecular formula is C48H34N2O2S. The molecule has 0 saturated carbocycles. The third-order valence-corrected chi connectivity index (χ3v) is 11.4. The number of hydrogen-bond donors (Lipinski definition) is 0. The largest absolute Gasteiger partial charge is 0.248 e. The van der Waals surface area contributed by atoms with Gasteiger partial charge in [0.25, 0.3) is 0 Å². The number of fused-ring (bicyclic) bond motifs is 3. The number of nitrogens with zero attached hydrogens (tertiary/aromatic N) is 2. The Morgan fingerprint density at radius 2 is 0.623 bits per heavy atom. The zero-order valence-electron chi connectivity index (χ0n) is 28.9. The maximum atomic E-state index is 13.5. The Bertz CT molecular complexity index is 2410. The minimum Gasteiger partial charge on any atom is -0.248 e. The zero-order valence-corrected chi connectivity index (χ0v) is 29.7. The molecule has 0 aliphatic carbocycles. The molecule has 254 valence electrons. The van der Waals surface area contributed by atoms with E-state index in [1.807, 2.05) is 97.1 Å². The molecule has 0 radical (unpaired) electrons. The highest BCUT2D eigenvalue weighted by Crippen LogP contribution is 2.41. The van der Waals surface area contributed by atoms with Crippen molar-refractivity contribution in [1.29, 1.82) is 0 Å². The number of benzene rings is 6. The van der Waals surface area contributed by atoms with Gasteiger partial charge in [0.15, 0.2) is 9.84 Å². The van der Waals surface area contributed by atoms with Gasteiger partial charge < -0.3 is 0 Å². The van der Waals surface area contributed by atoms with Crippen molar-refractivity contribution in [3.63, 3.8) is 0 Å². The van der Waals surface area contributed by atoms with Gasteiger partial charge >= 0.3 is 0 Å². The number of rotatable bonds is 6. The summed E-state index contributed by atoms with van der Waals surface area (Å²) in [5, 5.41) is 0. The van der Waals surface area contributed by atoms with Crippen molar-refractivity contribution < 1.29 is 8.42 Å². The summed E-state index contributed by atoms with van der Waals surface area (Å²) in [6, 6.07) is 61.7. The Kier molecular flexibility index (Phi) is 8.34. The third-order valence-electron chi connectivity index (χ3n) is 9.86. The summed E-state index contributed by atoms with van der Waals surface area (Å²) in [6.07, 6.45) is 0. The quantitative estimate of drug-likeness (QED) is 0.173. The molecule has 2 aromatic heterocycles. The summed E-state index contributed by atoms with van der Waals surface area (Å²) in [5.41, 5.74) is 15.1. The fourth-order valence-electron chi connectivity index (χ4n) is 7.21. The van der Waals surface area contributed by atoms with Gasteiger partial charge in [-0.3, -0.25) is 0 Å². The second kappa shape index (κ2) is 13.6. The first-order valence-electron chi connectivity index (χ1n) is 17.7. The predicted octanol–water partition coefficient (Wildman–Crippen LogP) is 11.6. The second-order valence-corrected chi connectivity index (χ2v) is 15.6. The predicted molar refractivity (Wildman–Crippen MR) is 216 cm³/mol. The van der Waals surface area contributed by atoms with E-state index in [2.05, 4.69) is 84.9 Å². The van der Waals surface area contributed by atoms with Crippen molar-refractivity contribution in [2.75, 3.05) is 0 Å². The van der Waals surface area contributed by atoms with Gasteiger partial charge in [0.1, 0.15) is 0 Å². The van der Waals surface area contributed by atoms with Crippen molar-refractivity contribution in [3.8, 4) is 78.4 Å². The Morgan fingerprint density at radius 3 is 0.925 bits per heavy atom. The fourth-order valence-corrected chi connectivity index (χ4v) is 8.76. The lowest BCUT2D eigenvalue weighted by Gasteiger charge is -2.15. The van der Waals surface area contributed by atoms with Crippen LogP contribution in [0.25, 0.3) is 78.4 Å².